The van der Waals surface area contributed by atoms with Gasteiger partial charge in [0.05, 0.1) is 5.71 Å². The summed E-state index contributed by atoms with van der Waals surface area (Å²) in [4.78, 5) is 26.7. The van der Waals surface area contributed by atoms with E-state index in [2.05, 4.69) is 10.5 Å². The van der Waals surface area contributed by atoms with Crippen molar-refractivity contribution in [3.05, 3.63) is 96.3 Å². The van der Waals surface area contributed by atoms with Crippen molar-refractivity contribution in [2.75, 3.05) is 4.90 Å². The van der Waals surface area contributed by atoms with Gasteiger partial charge in [0.1, 0.15) is 5.82 Å². The minimum atomic E-state index is -0.370. The zero-order chi connectivity index (χ0) is 21.3. The van der Waals surface area contributed by atoms with E-state index in [9.17, 15) is 14.0 Å². The lowest BCUT2D eigenvalue weighted by Gasteiger charge is -2.23. The molecule has 0 saturated heterocycles. The molecule has 0 bridgehead atoms. The number of anilines is 2. The van der Waals surface area contributed by atoms with E-state index in [0.717, 1.165) is 11.4 Å². The summed E-state index contributed by atoms with van der Waals surface area (Å²) in [5, 5.41) is 4.03. The summed E-state index contributed by atoms with van der Waals surface area (Å²) in [5.74, 6) is -0.900. The molecule has 3 aromatic rings. The SMILES string of the molecule is C/C(=N\NC(=O)CCC(=O)N(c1ccccc1)c1ccccc1)c1ccc(F)cc1. The molecule has 5 nitrogen and oxygen atoms in total. The zero-order valence-electron chi connectivity index (χ0n) is 16.6. The normalized spacial score (nSPS) is 11.1. The first kappa shape index (κ1) is 20.9. The summed E-state index contributed by atoms with van der Waals surface area (Å²) < 4.78 is 13.0. The second kappa shape index (κ2) is 10.1. The molecule has 0 atom stereocenters. The van der Waals surface area contributed by atoms with Crippen LogP contribution in [0.5, 0.6) is 0 Å². The molecule has 2 amide bonds. The lowest BCUT2D eigenvalue weighted by atomic mass is 10.1. The molecule has 0 aliphatic rings. The molecule has 0 radical (unpaired) electrons. The fraction of sp³-hybridized carbons (Fsp3) is 0.125. The summed E-state index contributed by atoms with van der Waals surface area (Å²) in [6.45, 7) is 1.71. The number of rotatable bonds is 7. The second-order valence-corrected chi connectivity index (χ2v) is 6.64. The number of halogens is 1. The van der Waals surface area contributed by atoms with E-state index >= 15 is 0 Å². The van der Waals surface area contributed by atoms with E-state index in [-0.39, 0.29) is 30.5 Å². The van der Waals surface area contributed by atoms with E-state index in [1.54, 1.807) is 24.0 Å². The highest BCUT2D eigenvalue weighted by Crippen LogP contribution is 2.26. The Morgan fingerprint density at radius 2 is 1.37 bits per heavy atom. The summed E-state index contributed by atoms with van der Waals surface area (Å²) in [6.07, 6.45) is 0.0237. The third kappa shape index (κ3) is 5.61. The Morgan fingerprint density at radius 3 is 1.90 bits per heavy atom. The van der Waals surface area contributed by atoms with Crippen LogP contribution in [0.25, 0.3) is 0 Å². The van der Waals surface area contributed by atoms with E-state index in [1.807, 2.05) is 60.7 Å². The fourth-order valence-electron chi connectivity index (χ4n) is 2.88. The smallest absolute Gasteiger partial charge is 0.240 e. The maximum atomic E-state index is 13.0. The van der Waals surface area contributed by atoms with Crippen molar-refractivity contribution in [2.45, 2.75) is 19.8 Å². The van der Waals surface area contributed by atoms with E-state index in [4.69, 9.17) is 0 Å². The standard InChI is InChI=1S/C24H22FN3O2/c1-18(19-12-14-20(25)15-13-19)26-27-23(29)16-17-24(30)28(21-8-4-2-5-9-21)22-10-6-3-7-11-22/h2-15H,16-17H2,1H3,(H,27,29)/b26-18+. The summed E-state index contributed by atoms with van der Waals surface area (Å²) >= 11 is 0. The number of hydrogen-bond acceptors (Lipinski definition) is 3. The van der Waals surface area contributed by atoms with Gasteiger partial charge in [0.25, 0.3) is 0 Å². The molecule has 1 N–H and O–H groups in total. The largest absolute Gasteiger partial charge is 0.281 e. The van der Waals surface area contributed by atoms with Crippen LogP contribution in [-0.4, -0.2) is 17.5 Å². The molecule has 3 rings (SSSR count). The molecule has 6 heteroatoms. The van der Waals surface area contributed by atoms with E-state index < -0.39 is 0 Å². The second-order valence-electron chi connectivity index (χ2n) is 6.64. The van der Waals surface area contributed by atoms with E-state index in [0.29, 0.717) is 11.3 Å². The van der Waals surface area contributed by atoms with Crippen molar-refractivity contribution >= 4 is 28.9 Å². The van der Waals surface area contributed by atoms with Crippen molar-refractivity contribution in [1.29, 1.82) is 0 Å². The Labute approximate surface area is 174 Å². The fourth-order valence-corrected chi connectivity index (χ4v) is 2.88. The first-order valence-corrected chi connectivity index (χ1v) is 9.57. The van der Waals surface area contributed by atoms with Gasteiger partial charge in [-0.15, -0.1) is 0 Å². The molecule has 0 fully saturated rings. The zero-order valence-corrected chi connectivity index (χ0v) is 16.6. The van der Waals surface area contributed by atoms with Crippen molar-refractivity contribution in [3.63, 3.8) is 0 Å². The molecule has 0 aromatic heterocycles. The van der Waals surface area contributed by atoms with Crippen LogP contribution in [0.2, 0.25) is 0 Å². The summed E-state index contributed by atoms with van der Waals surface area (Å²) in [5.41, 5.74) is 5.17. The highest BCUT2D eigenvalue weighted by molar-refractivity contribution is 6.02. The van der Waals surface area contributed by atoms with Crippen LogP contribution in [0.15, 0.2) is 90.0 Å². The van der Waals surface area contributed by atoms with Gasteiger partial charge in [-0.1, -0.05) is 48.5 Å². The lowest BCUT2D eigenvalue weighted by molar-refractivity contribution is -0.124. The monoisotopic (exact) mass is 403 g/mol. The van der Waals surface area contributed by atoms with Gasteiger partial charge in [0.15, 0.2) is 0 Å². The van der Waals surface area contributed by atoms with Gasteiger partial charge in [-0.25, -0.2) is 9.82 Å². The first-order valence-electron chi connectivity index (χ1n) is 9.57. The van der Waals surface area contributed by atoms with Gasteiger partial charge < -0.3 is 0 Å². The molecular weight excluding hydrogens is 381 g/mol. The average Bonchev–Trinajstić information content (AvgIpc) is 2.78. The van der Waals surface area contributed by atoms with E-state index in [1.165, 1.54) is 12.1 Å². The molecule has 0 aliphatic heterocycles. The van der Waals surface area contributed by atoms with Crippen LogP contribution in [0.4, 0.5) is 15.8 Å². The molecule has 30 heavy (non-hydrogen) atoms. The maximum Gasteiger partial charge on any atom is 0.240 e. The van der Waals surface area contributed by atoms with Crippen LogP contribution in [-0.2, 0) is 9.59 Å². The average molecular weight is 403 g/mol. The number of hydrogen-bond donors (Lipinski definition) is 1. The number of nitrogens with one attached hydrogen (secondary N) is 1. The molecule has 0 saturated carbocycles. The van der Waals surface area contributed by atoms with Crippen LogP contribution < -0.4 is 10.3 Å². The third-order valence-electron chi connectivity index (χ3n) is 4.45. The Hall–Kier alpha value is -3.80. The minimum absolute atomic E-state index is 0.00476. The lowest BCUT2D eigenvalue weighted by Crippen LogP contribution is -2.28. The number of nitrogens with zero attached hydrogens (tertiary/aromatic N) is 2. The van der Waals surface area contributed by atoms with Gasteiger partial charge >= 0.3 is 0 Å². The number of carbonyl (C=O) groups is 2. The predicted molar refractivity (Wildman–Crippen MR) is 116 cm³/mol. The number of hydrazone groups is 1. The first-order chi connectivity index (χ1) is 14.5. The number of amides is 2. The van der Waals surface area contributed by atoms with Gasteiger partial charge in [0.2, 0.25) is 11.8 Å². The Balaban J connectivity index is 1.63. The number of benzene rings is 3. The highest BCUT2D eigenvalue weighted by atomic mass is 19.1. The Kier molecular flexibility index (Phi) is 7.05. The maximum absolute atomic E-state index is 13.0. The molecule has 3 aromatic carbocycles. The number of para-hydroxylation sites is 2. The quantitative estimate of drug-likeness (QED) is 0.455. The van der Waals surface area contributed by atoms with Crippen LogP contribution in [0.1, 0.15) is 25.3 Å². The predicted octanol–water partition coefficient (Wildman–Crippen LogP) is 4.81. The minimum Gasteiger partial charge on any atom is -0.281 e. The van der Waals surface area contributed by atoms with Gasteiger partial charge in [-0.3, -0.25) is 14.5 Å². The summed E-state index contributed by atoms with van der Waals surface area (Å²) in [6, 6.07) is 24.4. The topological polar surface area (TPSA) is 61.8 Å². The summed E-state index contributed by atoms with van der Waals surface area (Å²) in [7, 11) is 0. The Morgan fingerprint density at radius 1 is 0.833 bits per heavy atom. The van der Waals surface area contributed by atoms with Gasteiger partial charge in [0, 0.05) is 24.2 Å². The molecule has 0 spiro atoms. The van der Waals surface area contributed by atoms with Crippen LogP contribution in [0.3, 0.4) is 0 Å². The Bertz CT molecular complexity index is 980. The molecular formula is C24H22FN3O2. The van der Waals surface area contributed by atoms with Crippen LogP contribution in [0, 0.1) is 5.82 Å². The van der Waals surface area contributed by atoms with Crippen molar-refractivity contribution in [3.8, 4) is 0 Å². The van der Waals surface area contributed by atoms with Crippen LogP contribution >= 0.6 is 0 Å². The van der Waals surface area contributed by atoms with Gasteiger partial charge in [-0.05, 0) is 48.9 Å². The van der Waals surface area contributed by atoms with Crippen molar-refractivity contribution < 1.29 is 14.0 Å². The third-order valence-corrected chi connectivity index (χ3v) is 4.45. The highest BCUT2D eigenvalue weighted by Gasteiger charge is 2.18. The number of carbonyl (C=O) groups excluding carboxylic acids is 2. The molecule has 0 aliphatic carbocycles. The molecule has 0 heterocycles. The van der Waals surface area contributed by atoms with Crippen molar-refractivity contribution in [1.82, 2.24) is 5.43 Å². The molecule has 0 unspecified atom stereocenters. The van der Waals surface area contributed by atoms with Crippen molar-refractivity contribution in [2.24, 2.45) is 5.10 Å². The van der Waals surface area contributed by atoms with Gasteiger partial charge in [-0.2, -0.15) is 5.10 Å². The molecule has 152 valence electrons.